The maximum atomic E-state index is 12.0. The molecule has 11 heteroatoms. The Bertz CT molecular complexity index is 915. The van der Waals surface area contributed by atoms with Crippen LogP contribution in [0, 0.1) is 20.2 Å². The van der Waals surface area contributed by atoms with Gasteiger partial charge in [-0.25, -0.2) is 5.43 Å². The first kappa shape index (κ1) is 18.8. The molecular formula is C15H11ClN4O6. The lowest BCUT2D eigenvalue weighted by Crippen LogP contribution is -2.17. The topological polar surface area (TPSA) is 137 Å². The molecule has 0 aliphatic rings. The molecule has 0 heterocycles. The monoisotopic (exact) mass is 378 g/mol. The molecule has 134 valence electrons. The number of halogens is 1. The van der Waals surface area contributed by atoms with E-state index in [1.54, 1.807) is 0 Å². The van der Waals surface area contributed by atoms with Crippen LogP contribution in [0.3, 0.4) is 0 Å². The fraction of sp³-hybridized carbons (Fsp3) is 0.0667. The van der Waals surface area contributed by atoms with Crippen LogP contribution in [0.2, 0.25) is 5.02 Å². The number of nitrogens with one attached hydrogen (secondary N) is 1. The molecule has 0 radical (unpaired) electrons. The molecule has 1 N–H and O–H groups in total. The second kappa shape index (κ2) is 8.03. The van der Waals surface area contributed by atoms with Gasteiger partial charge in [0.1, 0.15) is 5.02 Å². The molecule has 2 aromatic rings. The molecular weight excluding hydrogens is 368 g/mol. The van der Waals surface area contributed by atoms with Gasteiger partial charge in [0.2, 0.25) is 0 Å². The van der Waals surface area contributed by atoms with E-state index >= 15 is 0 Å². The van der Waals surface area contributed by atoms with Crippen LogP contribution < -0.4 is 10.2 Å². The van der Waals surface area contributed by atoms with Gasteiger partial charge in [-0.3, -0.25) is 25.0 Å². The van der Waals surface area contributed by atoms with Crippen molar-refractivity contribution in [3.8, 4) is 5.75 Å². The molecule has 2 aromatic carbocycles. The highest BCUT2D eigenvalue weighted by Gasteiger charge is 2.16. The summed E-state index contributed by atoms with van der Waals surface area (Å²) in [6.45, 7) is 0. The third kappa shape index (κ3) is 4.30. The van der Waals surface area contributed by atoms with Gasteiger partial charge in [0.15, 0.2) is 5.75 Å². The normalized spacial score (nSPS) is 10.5. The van der Waals surface area contributed by atoms with Gasteiger partial charge < -0.3 is 4.74 Å². The molecule has 0 aliphatic heterocycles. The summed E-state index contributed by atoms with van der Waals surface area (Å²) in [5.74, 6) is -0.617. The van der Waals surface area contributed by atoms with Crippen molar-refractivity contribution in [3.63, 3.8) is 0 Å². The molecule has 0 saturated heterocycles. The number of nitro benzene ring substituents is 2. The number of nitro groups is 2. The number of amides is 1. The van der Waals surface area contributed by atoms with Gasteiger partial charge in [-0.15, -0.1) is 0 Å². The Labute approximate surface area is 151 Å². The lowest BCUT2D eigenvalue weighted by Gasteiger charge is -2.03. The fourth-order valence-electron chi connectivity index (χ4n) is 1.95. The lowest BCUT2D eigenvalue weighted by molar-refractivity contribution is -0.385. The highest BCUT2D eigenvalue weighted by atomic mass is 35.5. The number of hydrogen-bond donors (Lipinski definition) is 1. The number of hydrogen-bond acceptors (Lipinski definition) is 7. The maximum absolute atomic E-state index is 12.0. The summed E-state index contributed by atoms with van der Waals surface area (Å²) in [5.41, 5.74) is 1.84. The number of carbonyl (C=O) groups is 1. The third-order valence-electron chi connectivity index (χ3n) is 3.18. The third-order valence-corrected chi connectivity index (χ3v) is 3.50. The number of methoxy groups -OCH3 is 1. The maximum Gasteiger partial charge on any atom is 0.311 e. The van der Waals surface area contributed by atoms with Gasteiger partial charge >= 0.3 is 5.69 Å². The van der Waals surface area contributed by atoms with Crippen molar-refractivity contribution in [3.05, 3.63) is 72.8 Å². The fourth-order valence-corrected chi connectivity index (χ4v) is 2.14. The highest BCUT2D eigenvalue weighted by molar-refractivity contribution is 6.32. The van der Waals surface area contributed by atoms with Crippen molar-refractivity contribution >= 4 is 35.1 Å². The molecule has 0 aromatic heterocycles. The molecule has 0 saturated carbocycles. The first-order valence-corrected chi connectivity index (χ1v) is 7.31. The highest BCUT2D eigenvalue weighted by Crippen LogP contribution is 2.27. The molecule has 0 bridgehead atoms. The van der Waals surface area contributed by atoms with E-state index in [4.69, 9.17) is 16.3 Å². The average molecular weight is 379 g/mol. The molecule has 0 atom stereocenters. The summed E-state index contributed by atoms with van der Waals surface area (Å²) < 4.78 is 4.88. The quantitative estimate of drug-likeness (QED) is 0.466. The van der Waals surface area contributed by atoms with Crippen LogP contribution in [0.4, 0.5) is 11.4 Å². The minimum absolute atomic E-state index is 0.0149. The summed E-state index contributed by atoms with van der Waals surface area (Å²) in [6.07, 6.45) is 1.19. The zero-order valence-corrected chi connectivity index (χ0v) is 14.0. The minimum atomic E-state index is -0.709. The van der Waals surface area contributed by atoms with Gasteiger partial charge in [-0.2, -0.15) is 5.10 Å². The Hall–Kier alpha value is -3.53. The molecule has 26 heavy (non-hydrogen) atoms. The van der Waals surface area contributed by atoms with Gasteiger partial charge in [-0.05, 0) is 24.3 Å². The number of rotatable bonds is 6. The Kier molecular flexibility index (Phi) is 5.81. The Morgan fingerprint density at radius 1 is 1.15 bits per heavy atom. The van der Waals surface area contributed by atoms with Crippen LogP contribution in [0.5, 0.6) is 5.75 Å². The first-order chi connectivity index (χ1) is 12.3. The van der Waals surface area contributed by atoms with Crippen molar-refractivity contribution < 1.29 is 19.4 Å². The summed E-state index contributed by atoms with van der Waals surface area (Å²) in [6, 6.07) is 7.68. The SMILES string of the molecule is COc1ccc(/C=N\NC(=O)c2ccc(Cl)c([N+](=O)[O-])c2)cc1[N+](=O)[O-]. The number of nitrogens with zero attached hydrogens (tertiary/aromatic N) is 3. The lowest BCUT2D eigenvalue weighted by atomic mass is 10.2. The Balaban J connectivity index is 2.14. The van der Waals surface area contributed by atoms with Gasteiger partial charge in [0, 0.05) is 23.3 Å². The summed E-state index contributed by atoms with van der Waals surface area (Å²) >= 11 is 5.68. The number of ether oxygens (including phenoxy) is 1. The van der Waals surface area contributed by atoms with Crippen molar-refractivity contribution in [1.82, 2.24) is 5.43 Å². The number of hydrazone groups is 1. The van der Waals surface area contributed by atoms with E-state index in [1.165, 1.54) is 43.7 Å². The van der Waals surface area contributed by atoms with Crippen molar-refractivity contribution in [1.29, 1.82) is 0 Å². The molecule has 10 nitrogen and oxygen atoms in total. The van der Waals surface area contributed by atoms with Crippen LogP contribution in [0.25, 0.3) is 0 Å². The molecule has 0 spiro atoms. The molecule has 0 aliphatic carbocycles. The average Bonchev–Trinajstić information content (AvgIpc) is 2.61. The van der Waals surface area contributed by atoms with Gasteiger partial charge in [0.05, 0.1) is 23.2 Å². The summed E-state index contributed by atoms with van der Waals surface area (Å²) in [4.78, 5) is 32.4. The smallest absolute Gasteiger partial charge is 0.311 e. The zero-order valence-electron chi connectivity index (χ0n) is 13.2. The van der Waals surface area contributed by atoms with E-state index in [-0.39, 0.29) is 22.0 Å². The van der Waals surface area contributed by atoms with Crippen molar-refractivity contribution in [2.45, 2.75) is 0 Å². The van der Waals surface area contributed by atoms with Gasteiger partial charge in [-0.1, -0.05) is 11.6 Å². The first-order valence-electron chi connectivity index (χ1n) is 6.93. The summed E-state index contributed by atoms with van der Waals surface area (Å²) in [7, 11) is 1.31. The van der Waals surface area contributed by atoms with E-state index in [9.17, 15) is 25.0 Å². The standard InChI is InChI=1S/C15H11ClN4O6/c1-26-14-5-2-9(6-13(14)20(24)25)8-17-18-15(21)10-3-4-11(16)12(7-10)19(22)23/h2-8H,1H3,(H,18,21)/b17-8-. The van der Waals surface area contributed by atoms with Crippen LogP contribution in [0.1, 0.15) is 15.9 Å². The second-order valence-corrected chi connectivity index (χ2v) is 5.22. The van der Waals surface area contributed by atoms with E-state index in [1.807, 2.05) is 0 Å². The van der Waals surface area contributed by atoms with Crippen LogP contribution in [-0.2, 0) is 0 Å². The van der Waals surface area contributed by atoms with Crippen LogP contribution in [0.15, 0.2) is 41.5 Å². The number of carbonyl (C=O) groups excluding carboxylic acids is 1. The molecule has 0 unspecified atom stereocenters. The van der Waals surface area contributed by atoms with E-state index in [2.05, 4.69) is 10.5 Å². The van der Waals surface area contributed by atoms with E-state index < -0.39 is 21.4 Å². The zero-order chi connectivity index (χ0) is 19.3. The predicted molar refractivity (Wildman–Crippen MR) is 92.8 cm³/mol. The largest absolute Gasteiger partial charge is 0.490 e. The van der Waals surface area contributed by atoms with Crippen molar-refractivity contribution in [2.24, 2.45) is 5.10 Å². The van der Waals surface area contributed by atoms with E-state index in [0.29, 0.717) is 5.56 Å². The van der Waals surface area contributed by atoms with Crippen molar-refractivity contribution in [2.75, 3.05) is 7.11 Å². The second-order valence-electron chi connectivity index (χ2n) is 4.81. The Morgan fingerprint density at radius 2 is 1.85 bits per heavy atom. The molecule has 2 rings (SSSR count). The molecule has 0 fully saturated rings. The van der Waals surface area contributed by atoms with Crippen LogP contribution >= 0.6 is 11.6 Å². The predicted octanol–water partition coefficient (Wildman–Crippen LogP) is 2.93. The molecule has 1 amide bonds. The minimum Gasteiger partial charge on any atom is -0.490 e. The summed E-state index contributed by atoms with van der Waals surface area (Å²) in [5, 5.41) is 25.4. The Morgan fingerprint density at radius 3 is 2.46 bits per heavy atom. The van der Waals surface area contributed by atoms with Gasteiger partial charge in [0.25, 0.3) is 11.6 Å². The van der Waals surface area contributed by atoms with Crippen LogP contribution in [-0.4, -0.2) is 29.1 Å². The number of benzene rings is 2. The van der Waals surface area contributed by atoms with E-state index in [0.717, 1.165) is 6.07 Å².